The average Bonchev–Trinajstić information content (AvgIpc) is 2.38. The van der Waals surface area contributed by atoms with Gasteiger partial charge in [-0.05, 0) is 31.5 Å². The molecule has 0 heterocycles. The molecule has 0 aliphatic heterocycles. The van der Waals surface area contributed by atoms with E-state index in [1.54, 1.807) is 38.2 Å². The molecule has 1 atom stereocenters. The van der Waals surface area contributed by atoms with Crippen LogP contribution < -0.4 is 4.74 Å². The van der Waals surface area contributed by atoms with Crippen LogP contribution in [0.2, 0.25) is 0 Å². The Hall–Kier alpha value is -2.04. The Labute approximate surface area is 106 Å². The molecule has 1 aromatic carbocycles. The minimum atomic E-state index is -0.418. The molecule has 5 nitrogen and oxygen atoms in total. The fourth-order valence-electron chi connectivity index (χ4n) is 1.30. The third-order valence-electron chi connectivity index (χ3n) is 2.58. The normalized spacial score (nSPS) is 11.5. The van der Waals surface area contributed by atoms with Crippen LogP contribution in [-0.4, -0.2) is 31.1 Å². The Kier molecular flexibility index (Phi) is 5.17. The molecule has 0 saturated carbocycles. The molecule has 1 amide bonds. The fraction of sp³-hybridized carbons (Fsp3) is 0.385. The lowest BCUT2D eigenvalue weighted by Gasteiger charge is -2.15. The summed E-state index contributed by atoms with van der Waals surface area (Å²) in [5.74, 6) is 0.430. The van der Waals surface area contributed by atoms with Gasteiger partial charge in [-0.1, -0.05) is 12.1 Å². The predicted octanol–water partition coefficient (Wildman–Crippen LogP) is 2.37. The molecule has 0 N–H and O–H groups in total. The van der Waals surface area contributed by atoms with Gasteiger partial charge in [-0.15, -0.1) is 0 Å². The average molecular weight is 251 g/mol. The second kappa shape index (κ2) is 6.64. The first-order valence-corrected chi connectivity index (χ1v) is 5.70. The second-order valence-electron chi connectivity index (χ2n) is 3.83. The van der Waals surface area contributed by atoms with Crippen LogP contribution in [0.5, 0.6) is 5.75 Å². The second-order valence-corrected chi connectivity index (χ2v) is 3.83. The maximum absolute atomic E-state index is 11.6. The molecule has 0 spiro atoms. The van der Waals surface area contributed by atoms with E-state index in [-0.39, 0.29) is 6.10 Å². The molecule has 0 saturated heterocycles. The maximum atomic E-state index is 11.6. The number of rotatable bonds is 5. The Morgan fingerprint density at radius 1 is 1.50 bits per heavy atom. The highest BCUT2D eigenvalue weighted by Crippen LogP contribution is 2.21. The maximum Gasteiger partial charge on any atom is 0.414 e. The van der Waals surface area contributed by atoms with Crippen molar-refractivity contribution in [1.82, 2.24) is 4.90 Å². The van der Waals surface area contributed by atoms with Crippen molar-refractivity contribution in [3.8, 4) is 5.75 Å². The van der Waals surface area contributed by atoms with Crippen molar-refractivity contribution in [3.63, 3.8) is 0 Å². The molecule has 18 heavy (non-hydrogen) atoms. The minimum Gasteiger partial charge on any atom is -0.460 e. The Balaban J connectivity index is 2.76. The van der Waals surface area contributed by atoms with Crippen molar-refractivity contribution in [2.75, 3.05) is 13.6 Å². The van der Waals surface area contributed by atoms with Crippen molar-refractivity contribution in [2.45, 2.75) is 20.0 Å². The summed E-state index contributed by atoms with van der Waals surface area (Å²) in [7, 11) is 1.66. The summed E-state index contributed by atoms with van der Waals surface area (Å²) in [5.41, 5.74) is 0.770. The van der Waals surface area contributed by atoms with Crippen LogP contribution in [0.4, 0.5) is 4.79 Å². The quantitative estimate of drug-likeness (QED) is 0.754. The third kappa shape index (κ3) is 3.76. The monoisotopic (exact) mass is 251 g/mol. The summed E-state index contributed by atoms with van der Waals surface area (Å²) < 4.78 is 10.0. The first-order valence-electron chi connectivity index (χ1n) is 5.70. The number of ether oxygens (including phenoxy) is 2. The first kappa shape index (κ1) is 14.0. The lowest BCUT2D eigenvalue weighted by atomic mass is 10.1. The van der Waals surface area contributed by atoms with Crippen molar-refractivity contribution in [3.05, 3.63) is 29.8 Å². The van der Waals surface area contributed by atoms with Crippen LogP contribution in [0, 0.1) is 0 Å². The number of carbonyl (C=O) groups is 2. The molecule has 5 heteroatoms. The van der Waals surface area contributed by atoms with Gasteiger partial charge in [0, 0.05) is 13.6 Å². The van der Waals surface area contributed by atoms with Gasteiger partial charge in [0.15, 0.2) is 0 Å². The number of carbonyl (C=O) groups excluding carboxylic acids is 2. The molecule has 0 radical (unpaired) electrons. The third-order valence-corrected chi connectivity index (χ3v) is 2.58. The zero-order valence-corrected chi connectivity index (χ0v) is 10.8. The molecule has 0 aliphatic carbocycles. The zero-order chi connectivity index (χ0) is 13.5. The van der Waals surface area contributed by atoms with Crippen LogP contribution >= 0.6 is 0 Å². The summed E-state index contributed by atoms with van der Waals surface area (Å²) in [5, 5.41) is 0. The fourth-order valence-corrected chi connectivity index (χ4v) is 1.30. The van der Waals surface area contributed by atoms with Gasteiger partial charge in [0.1, 0.15) is 11.9 Å². The van der Waals surface area contributed by atoms with E-state index in [9.17, 15) is 9.59 Å². The minimum absolute atomic E-state index is 0.370. The van der Waals surface area contributed by atoms with Crippen LogP contribution in [0.3, 0.4) is 0 Å². The van der Waals surface area contributed by atoms with Gasteiger partial charge in [-0.2, -0.15) is 0 Å². The van der Waals surface area contributed by atoms with Crippen molar-refractivity contribution in [2.24, 2.45) is 0 Å². The van der Waals surface area contributed by atoms with E-state index in [1.807, 2.05) is 6.92 Å². The Bertz CT molecular complexity index is 419. The molecular formula is C13H17NO4. The van der Waals surface area contributed by atoms with Gasteiger partial charge in [0.05, 0.1) is 0 Å². The van der Waals surface area contributed by atoms with Crippen LogP contribution in [0.25, 0.3) is 0 Å². The molecule has 0 fully saturated rings. The van der Waals surface area contributed by atoms with Gasteiger partial charge < -0.3 is 14.4 Å². The summed E-state index contributed by atoms with van der Waals surface area (Å²) in [4.78, 5) is 23.3. The lowest BCUT2D eigenvalue weighted by molar-refractivity contribution is -0.133. The van der Waals surface area contributed by atoms with E-state index in [0.29, 0.717) is 18.8 Å². The zero-order valence-electron chi connectivity index (χ0n) is 10.8. The molecule has 98 valence electrons. The molecule has 0 aromatic heterocycles. The van der Waals surface area contributed by atoms with Crippen molar-refractivity contribution >= 4 is 12.6 Å². The van der Waals surface area contributed by atoms with Crippen molar-refractivity contribution in [1.29, 1.82) is 0 Å². The standard InChI is InChI=1S/C13H17NO4/c1-4-14(3)13(16)18-12-7-5-6-11(8-12)10(2)17-9-15/h5-10H,4H2,1-3H3/t10-/m1/s1. The van der Waals surface area contributed by atoms with E-state index in [2.05, 4.69) is 0 Å². The molecule has 1 aromatic rings. The largest absolute Gasteiger partial charge is 0.460 e. The highest BCUT2D eigenvalue weighted by molar-refractivity contribution is 5.70. The van der Waals surface area contributed by atoms with Gasteiger partial charge in [0.25, 0.3) is 6.47 Å². The van der Waals surface area contributed by atoms with E-state index < -0.39 is 6.09 Å². The smallest absolute Gasteiger partial charge is 0.414 e. The Morgan fingerprint density at radius 2 is 2.22 bits per heavy atom. The number of benzene rings is 1. The van der Waals surface area contributed by atoms with E-state index in [1.165, 1.54) is 4.90 Å². The highest BCUT2D eigenvalue weighted by atomic mass is 16.6. The summed E-state index contributed by atoms with van der Waals surface area (Å²) in [6.07, 6.45) is -0.788. The number of nitrogens with zero attached hydrogens (tertiary/aromatic N) is 1. The molecule has 0 unspecified atom stereocenters. The molecule has 0 aliphatic rings. The van der Waals surface area contributed by atoms with Crippen LogP contribution in [0.15, 0.2) is 24.3 Å². The predicted molar refractivity (Wildman–Crippen MR) is 66.3 cm³/mol. The summed E-state index contributed by atoms with van der Waals surface area (Å²) in [6, 6.07) is 6.90. The number of hydrogen-bond donors (Lipinski definition) is 0. The van der Waals surface area contributed by atoms with Gasteiger partial charge in [-0.25, -0.2) is 4.79 Å². The van der Waals surface area contributed by atoms with Gasteiger partial charge >= 0.3 is 6.09 Å². The highest BCUT2D eigenvalue weighted by Gasteiger charge is 2.11. The van der Waals surface area contributed by atoms with Crippen LogP contribution in [-0.2, 0) is 9.53 Å². The van der Waals surface area contributed by atoms with E-state index in [0.717, 1.165) is 5.56 Å². The number of hydrogen-bond acceptors (Lipinski definition) is 4. The first-order chi connectivity index (χ1) is 8.58. The summed E-state index contributed by atoms with van der Waals surface area (Å²) in [6.45, 7) is 4.57. The molecular weight excluding hydrogens is 234 g/mol. The molecule has 0 bridgehead atoms. The molecule has 1 rings (SSSR count). The SMILES string of the molecule is CCN(C)C(=O)Oc1cccc([C@@H](C)OC=O)c1. The summed E-state index contributed by atoms with van der Waals surface area (Å²) >= 11 is 0. The van der Waals surface area contributed by atoms with Crippen molar-refractivity contribution < 1.29 is 19.1 Å². The number of amides is 1. The Morgan fingerprint density at radius 3 is 2.83 bits per heavy atom. The van der Waals surface area contributed by atoms with Gasteiger partial charge in [-0.3, -0.25) is 4.79 Å². The van der Waals surface area contributed by atoms with Crippen LogP contribution in [0.1, 0.15) is 25.5 Å². The van der Waals surface area contributed by atoms with Gasteiger partial charge in [0.2, 0.25) is 0 Å². The van der Waals surface area contributed by atoms with E-state index >= 15 is 0 Å². The topological polar surface area (TPSA) is 55.8 Å². The van der Waals surface area contributed by atoms with E-state index in [4.69, 9.17) is 9.47 Å². The lowest BCUT2D eigenvalue weighted by Crippen LogP contribution is -2.29.